The Morgan fingerprint density at radius 3 is 1.97 bits per heavy atom. The lowest BCUT2D eigenvalue weighted by molar-refractivity contribution is -0.136. The molecule has 0 radical (unpaired) electrons. The number of hydrogen-bond donors (Lipinski definition) is 3. The number of nitrogens with zero attached hydrogens (tertiary/aromatic N) is 1. The van der Waals surface area contributed by atoms with Crippen molar-refractivity contribution in [2.75, 3.05) is 10.6 Å². The first kappa shape index (κ1) is 24.1. The molecule has 0 saturated carbocycles. The van der Waals surface area contributed by atoms with Gasteiger partial charge in [-0.1, -0.05) is 11.6 Å². The van der Waals surface area contributed by atoms with Crippen molar-refractivity contribution < 1.29 is 23.9 Å². The van der Waals surface area contributed by atoms with Gasteiger partial charge in [0.15, 0.2) is 0 Å². The lowest BCUT2D eigenvalue weighted by Gasteiger charge is -2.06. The maximum atomic E-state index is 12.1. The van der Waals surface area contributed by atoms with Crippen molar-refractivity contribution in [2.24, 2.45) is 5.10 Å². The molecule has 0 aliphatic rings. The van der Waals surface area contributed by atoms with Crippen molar-refractivity contribution in [2.45, 2.75) is 6.92 Å². The molecule has 0 unspecified atom stereocenters. The number of carbonyl (C=O) groups is 4. The molecule has 3 N–H and O–H groups in total. The van der Waals surface area contributed by atoms with Crippen LogP contribution in [0.5, 0.6) is 5.75 Å². The summed E-state index contributed by atoms with van der Waals surface area (Å²) in [5.41, 5.74) is 4.02. The van der Waals surface area contributed by atoms with Crippen LogP contribution in [-0.4, -0.2) is 29.9 Å². The van der Waals surface area contributed by atoms with E-state index in [0.29, 0.717) is 33.3 Å². The van der Waals surface area contributed by atoms with E-state index in [-0.39, 0.29) is 5.91 Å². The van der Waals surface area contributed by atoms with Crippen LogP contribution in [0.2, 0.25) is 5.02 Å². The van der Waals surface area contributed by atoms with Gasteiger partial charge in [0.05, 0.1) is 11.8 Å². The summed E-state index contributed by atoms with van der Waals surface area (Å²) in [7, 11) is 0. The van der Waals surface area contributed by atoms with Gasteiger partial charge in [0.1, 0.15) is 5.75 Å². The van der Waals surface area contributed by atoms with Gasteiger partial charge in [0.25, 0.3) is 0 Å². The largest absolute Gasteiger partial charge is 0.423 e. The van der Waals surface area contributed by atoms with E-state index in [1.54, 1.807) is 72.8 Å². The van der Waals surface area contributed by atoms with E-state index >= 15 is 0 Å². The van der Waals surface area contributed by atoms with E-state index in [1.807, 2.05) is 0 Å². The van der Waals surface area contributed by atoms with Gasteiger partial charge in [0, 0.05) is 23.3 Å². The summed E-state index contributed by atoms with van der Waals surface area (Å²) in [6.07, 6.45) is 1.33. The van der Waals surface area contributed by atoms with Crippen molar-refractivity contribution in [3.8, 4) is 5.75 Å². The summed E-state index contributed by atoms with van der Waals surface area (Å²) in [5.74, 6) is -2.29. The van der Waals surface area contributed by atoms with Gasteiger partial charge >= 0.3 is 17.8 Å². The van der Waals surface area contributed by atoms with E-state index in [4.69, 9.17) is 16.3 Å². The van der Waals surface area contributed by atoms with Gasteiger partial charge in [-0.2, -0.15) is 5.10 Å². The smallest absolute Gasteiger partial charge is 0.343 e. The highest BCUT2D eigenvalue weighted by molar-refractivity contribution is 6.39. The normalized spacial score (nSPS) is 10.4. The van der Waals surface area contributed by atoms with E-state index < -0.39 is 17.8 Å². The number of nitrogens with one attached hydrogen (secondary N) is 3. The first-order chi connectivity index (χ1) is 16.3. The standard InChI is InChI=1S/C24H19ClN4O5/c1-15(30)27-19-8-10-20(11-9-19)28-22(31)23(32)29-26-14-16-2-12-21(13-3-16)34-24(33)17-4-6-18(25)7-5-17/h2-14H,1H3,(H,27,30)(H,28,31)(H,29,32)/b26-14+. The van der Waals surface area contributed by atoms with Crippen LogP contribution in [0.25, 0.3) is 0 Å². The van der Waals surface area contributed by atoms with Crippen molar-refractivity contribution in [1.82, 2.24) is 5.43 Å². The Morgan fingerprint density at radius 1 is 0.794 bits per heavy atom. The summed E-state index contributed by atoms with van der Waals surface area (Å²) >= 11 is 5.80. The number of halogens is 1. The minimum atomic E-state index is -0.962. The van der Waals surface area contributed by atoms with Gasteiger partial charge < -0.3 is 15.4 Å². The topological polar surface area (TPSA) is 126 Å². The first-order valence-electron chi connectivity index (χ1n) is 9.90. The number of hydrogen-bond acceptors (Lipinski definition) is 6. The molecule has 0 aliphatic carbocycles. The molecule has 0 atom stereocenters. The molecule has 3 aromatic carbocycles. The third-order valence-corrected chi connectivity index (χ3v) is 4.47. The van der Waals surface area contributed by atoms with Crippen LogP contribution in [0.4, 0.5) is 11.4 Å². The summed E-state index contributed by atoms with van der Waals surface area (Å²) in [6, 6.07) is 18.9. The maximum absolute atomic E-state index is 12.1. The van der Waals surface area contributed by atoms with Crippen molar-refractivity contribution in [1.29, 1.82) is 0 Å². The number of anilines is 2. The highest BCUT2D eigenvalue weighted by atomic mass is 35.5. The van der Waals surface area contributed by atoms with Crippen molar-refractivity contribution in [3.63, 3.8) is 0 Å². The number of amides is 3. The molecule has 10 heteroatoms. The lowest BCUT2D eigenvalue weighted by Crippen LogP contribution is -2.32. The fraction of sp³-hybridized carbons (Fsp3) is 0.0417. The van der Waals surface area contributed by atoms with Crippen LogP contribution in [-0.2, 0) is 14.4 Å². The monoisotopic (exact) mass is 478 g/mol. The van der Waals surface area contributed by atoms with Crippen molar-refractivity contribution >= 4 is 52.9 Å². The molecular weight excluding hydrogens is 460 g/mol. The average molecular weight is 479 g/mol. The number of esters is 1. The highest BCUT2D eigenvalue weighted by Gasteiger charge is 2.13. The van der Waals surface area contributed by atoms with Gasteiger partial charge in [-0.3, -0.25) is 14.4 Å². The highest BCUT2D eigenvalue weighted by Crippen LogP contribution is 2.16. The molecule has 0 bridgehead atoms. The molecule has 9 nitrogen and oxygen atoms in total. The van der Waals surface area contributed by atoms with Gasteiger partial charge in [0.2, 0.25) is 5.91 Å². The SMILES string of the molecule is CC(=O)Nc1ccc(NC(=O)C(=O)N/N=C/c2ccc(OC(=O)c3ccc(Cl)cc3)cc2)cc1. The number of ether oxygens (including phenoxy) is 1. The van der Waals surface area contributed by atoms with Crippen LogP contribution >= 0.6 is 11.6 Å². The van der Waals surface area contributed by atoms with E-state index in [1.165, 1.54) is 13.1 Å². The molecule has 0 heterocycles. The van der Waals surface area contributed by atoms with Crippen LogP contribution in [0.3, 0.4) is 0 Å². The third kappa shape index (κ3) is 7.28. The molecule has 3 amide bonds. The van der Waals surface area contributed by atoms with E-state index in [0.717, 1.165) is 0 Å². The molecule has 3 aromatic rings. The molecular formula is C24H19ClN4O5. The molecule has 0 aromatic heterocycles. The molecule has 0 aliphatic heterocycles. The van der Waals surface area contributed by atoms with Gasteiger partial charge in [-0.25, -0.2) is 10.2 Å². The summed E-state index contributed by atoms with van der Waals surface area (Å²) < 4.78 is 5.28. The Morgan fingerprint density at radius 2 is 1.38 bits per heavy atom. The average Bonchev–Trinajstić information content (AvgIpc) is 2.81. The fourth-order valence-corrected chi connectivity index (χ4v) is 2.74. The maximum Gasteiger partial charge on any atom is 0.343 e. The zero-order valence-electron chi connectivity index (χ0n) is 17.9. The predicted octanol–water partition coefficient (Wildman–Crippen LogP) is 3.61. The Hall–Kier alpha value is -4.50. The van der Waals surface area contributed by atoms with E-state index in [9.17, 15) is 19.2 Å². The van der Waals surface area contributed by atoms with Crippen LogP contribution < -0.4 is 20.8 Å². The minimum absolute atomic E-state index is 0.220. The minimum Gasteiger partial charge on any atom is -0.423 e. The Labute approximate surface area is 199 Å². The Kier molecular flexibility index (Phi) is 8.09. The Balaban J connectivity index is 1.48. The molecule has 172 valence electrons. The summed E-state index contributed by atoms with van der Waals surface area (Å²) in [5, 5.41) is 9.27. The zero-order chi connectivity index (χ0) is 24.5. The summed E-state index contributed by atoms with van der Waals surface area (Å²) in [4.78, 5) is 47.0. The first-order valence-corrected chi connectivity index (χ1v) is 10.3. The predicted molar refractivity (Wildman–Crippen MR) is 128 cm³/mol. The zero-order valence-corrected chi connectivity index (χ0v) is 18.6. The Bertz CT molecular complexity index is 1220. The number of rotatable bonds is 6. The van der Waals surface area contributed by atoms with E-state index in [2.05, 4.69) is 21.2 Å². The molecule has 0 fully saturated rings. The fourth-order valence-electron chi connectivity index (χ4n) is 2.62. The van der Waals surface area contributed by atoms with Crippen LogP contribution in [0.15, 0.2) is 77.9 Å². The molecule has 3 rings (SSSR count). The lowest BCUT2D eigenvalue weighted by atomic mass is 10.2. The quantitative estimate of drug-likeness (QED) is 0.164. The third-order valence-electron chi connectivity index (χ3n) is 4.22. The second-order valence-corrected chi connectivity index (χ2v) is 7.31. The number of carbonyl (C=O) groups excluding carboxylic acids is 4. The molecule has 34 heavy (non-hydrogen) atoms. The second-order valence-electron chi connectivity index (χ2n) is 6.88. The van der Waals surface area contributed by atoms with Gasteiger partial charge in [-0.15, -0.1) is 0 Å². The van der Waals surface area contributed by atoms with Gasteiger partial charge in [-0.05, 0) is 78.4 Å². The van der Waals surface area contributed by atoms with Crippen LogP contribution in [0.1, 0.15) is 22.8 Å². The number of hydrazone groups is 1. The van der Waals surface area contributed by atoms with Crippen molar-refractivity contribution in [3.05, 3.63) is 88.9 Å². The molecule has 0 spiro atoms. The summed E-state index contributed by atoms with van der Waals surface area (Å²) in [6.45, 7) is 1.38. The van der Waals surface area contributed by atoms with Crippen LogP contribution in [0, 0.1) is 0 Å². The number of benzene rings is 3. The second kappa shape index (κ2) is 11.4. The molecule has 0 saturated heterocycles.